The van der Waals surface area contributed by atoms with Crippen LogP contribution in [0, 0.1) is 11.3 Å². The van der Waals surface area contributed by atoms with Crippen LogP contribution in [0.25, 0.3) is 16.6 Å². The van der Waals surface area contributed by atoms with Crippen LogP contribution in [0.2, 0.25) is 0 Å². The summed E-state index contributed by atoms with van der Waals surface area (Å²) < 4.78 is 2.53. The Labute approximate surface area is 181 Å². The van der Waals surface area contributed by atoms with Crippen LogP contribution in [0.5, 0.6) is 0 Å². The van der Waals surface area contributed by atoms with Crippen molar-refractivity contribution >= 4 is 38.6 Å². The monoisotopic (exact) mass is 462 g/mol. The summed E-state index contributed by atoms with van der Waals surface area (Å²) in [6.07, 6.45) is 1.17. The van der Waals surface area contributed by atoms with Crippen LogP contribution in [0.1, 0.15) is 28.2 Å². The van der Waals surface area contributed by atoms with Crippen molar-refractivity contribution in [3.63, 3.8) is 0 Å². The molecule has 1 amide bonds. The third-order valence-electron chi connectivity index (χ3n) is 4.81. The zero-order valence-corrected chi connectivity index (χ0v) is 17.6. The summed E-state index contributed by atoms with van der Waals surface area (Å²) in [5, 5.41) is 17.9. The van der Waals surface area contributed by atoms with Gasteiger partial charge in [0, 0.05) is 21.9 Å². The van der Waals surface area contributed by atoms with Crippen LogP contribution < -0.4 is 11.1 Å². The lowest BCUT2D eigenvalue weighted by Crippen LogP contribution is -2.25. The number of benzene rings is 2. The lowest BCUT2D eigenvalue weighted by Gasteiger charge is -2.03. The van der Waals surface area contributed by atoms with Gasteiger partial charge in [0.25, 0.3) is 5.91 Å². The average Bonchev–Trinajstić information content (AvgIpc) is 3.32. The highest BCUT2D eigenvalue weighted by Crippen LogP contribution is 2.22. The van der Waals surface area contributed by atoms with E-state index in [0.717, 1.165) is 21.1 Å². The van der Waals surface area contributed by atoms with Crippen LogP contribution in [-0.2, 0) is 6.42 Å². The highest BCUT2D eigenvalue weighted by molar-refractivity contribution is 9.10. The summed E-state index contributed by atoms with van der Waals surface area (Å²) in [5.41, 5.74) is 9.35. The first-order valence-corrected chi connectivity index (χ1v) is 10.3. The highest BCUT2D eigenvalue weighted by atomic mass is 79.9. The second kappa shape index (κ2) is 8.43. The van der Waals surface area contributed by atoms with Crippen LogP contribution in [0.4, 0.5) is 5.82 Å². The van der Waals surface area contributed by atoms with Gasteiger partial charge < -0.3 is 16.0 Å². The highest BCUT2D eigenvalue weighted by Gasteiger charge is 2.16. The number of carbonyl (C=O) groups is 1. The second-order valence-electron chi connectivity index (χ2n) is 6.84. The van der Waals surface area contributed by atoms with E-state index < -0.39 is 0 Å². The summed E-state index contributed by atoms with van der Waals surface area (Å²) >= 11 is 3.43. The standard InChI is InChI=1S/C22H19BrN6O/c23-15-9-8-14-11-20(27-19(14)12-15)22(30)26-10-4-7-18-17(13-24)21(25)29(28-18)16-5-2-1-3-6-16/h1-3,5-6,8-9,11-12,27H,4,7,10,25H2,(H,26,30). The van der Waals surface area contributed by atoms with Crippen LogP contribution in [0.15, 0.2) is 59.1 Å². The third kappa shape index (κ3) is 3.93. The normalized spacial score (nSPS) is 10.8. The Balaban J connectivity index is 1.39. The number of aryl methyl sites for hydroxylation is 1. The van der Waals surface area contributed by atoms with Crippen LogP contribution in [-0.4, -0.2) is 27.2 Å². The van der Waals surface area contributed by atoms with Gasteiger partial charge in [0.2, 0.25) is 0 Å². The number of rotatable bonds is 6. The van der Waals surface area contributed by atoms with E-state index in [1.165, 1.54) is 0 Å². The Kier molecular flexibility index (Phi) is 5.55. The van der Waals surface area contributed by atoms with Crippen LogP contribution >= 0.6 is 15.9 Å². The van der Waals surface area contributed by atoms with Crippen molar-refractivity contribution in [2.45, 2.75) is 12.8 Å². The number of nitriles is 1. The quantitative estimate of drug-likeness (QED) is 0.376. The molecule has 0 aliphatic heterocycles. The fraction of sp³-hybridized carbons (Fsp3) is 0.136. The topological polar surface area (TPSA) is 113 Å². The summed E-state index contributed by atoms with van der Waals surface area (Å²) in [6.45, 7) is 0.459. The SMILES string of the molecule is N#Cc1c(CCCNC(=O)c2cc3ccc(Br)cc3[nH]2)nn(-c2ccccc2)c1N. The maximum Gasteiger partial charge on any atom is 0.267 e. The van der Waals surface area contributed by atoms with E-state index in [4.69, 9.17) is 5.73 Å². The van der Waals surface area contributed by atoms with Gasteiger partial charge in [-0.15, -0.1) is 0 Å². The van der Waals surface area contributed by atoms with Crippen molar-refractivity contribution in [1.29, 1.82) is 5.26 Å². The van der Waals surface area contributed by atoms with Crippen LogP contribution in [0.3, 0.4) is 0 Å². The molecule has 2 heterocycles. The number of anilines is 1. The number of fused-ring (bicyclic) bond motifs is 1. The number of hydrogen-bond acceptors (Lipinski definition) is 4. The molecule has 2 aromatic heterocycles. The van der Waals surface area contributed by atoms with Crippen molar-refractivity contribution in [2.75, 3.05) is 12.3 Å². The molecule has 0 aliphatic rings. The lowest BCUT2D eigenvalue weighted by molar-refractivity contribution is 0.0949. The molecule has 0 fully saturated rings. The van der Waals surface area contributed by atoms with E-state index in [9.17, 15) is 10.1 Å². The number of nitrogen functional groups attached to an aromatic ring is 1. The van der Waals surface area contributed by atoms with Gasteiger partial charge in [0.05, 0.1) is 11.4 Å². The van der Waals surface area contributed by atoms with Crippen molar-refractivity contribution in [2.24, 2.45) is 0 Å². The number of aromatic nitrogens is 3. The molecule has 0 unspecified atom stereocenters. The predicted molar refractivity (Wildman–Crippen MR) is 119 cm³/mol. The molecule has 0 radical (unpaired) electrons. The average molecular weight is 463 g/mol. The molecule has 0 bridgehead atoms. The molecule has 0 spiro atoms. The number of amides is 1. The minimum absolute atomic E-state index is 0.169. The smallest absolute Gasteiger partial charge is 0.267 e. The summed E-state index contributed by atoms with van der Waals surface area (Å²) in [5.74, 6) is 0.157. The van der Waals surface area contributed by atoms with E-state index in [1.54, 1.807) is 4.68 Å². The van der Waals surface area contributed by atoms with Gasteiger partial charge >= 0.3 is 0 Å². The molecule has 0 saturated carbocycles. The van der Waals surface area contributed by atoms with E-state index in [1.807, 2.05) is 54.6 Å². The molecule has 7 nitrogen and oxygen atoms in total. The van der Waals surface area contributed by atoms with Gasteiger partial charge in [-0.05, 0) is 43.2 Å². The molecule has 8 heteroatoms. The van der Waals surface area contributed by atoms with E-state index in [2.05, 4.69) is 37.4 Å². The number of para-hydroxylation sites is 1. The Bertz CT molecular complexity index is 1250. The summed E-state index contributed by atoms with van der Waals surface area (Å²) in [7, 11) is 0. The molecule has 0 aliphatic carbocycles. The molecule has 4 aromatic rings. The van der Waals surface area contributed by atoms with Gasteiger partial charge in [0.1, 0.15) is 23.1 Å². The van der Waals surface area contributed by atoms with E-state index >= 15 is 0 Å². The minimum atomic E-state index is -0.169. The molecule has 30 heavy (non-hydrogen) atoms. The second-order valence-corrected chi connectivity index (χ2v) is 7.76. The number of nitrogens with zero attached hydrogens (tertiary/aromatic N) is 3. The first-order valence-electron chi connectivity index (χ1n) is 9.46. The predicted octanol–water partition coefficient (Wildman–Crippen LogP) is 3.93. The number of halogens is 1. The van der Waals surface area contributed by atoms with Gasteiger partial charge in [-0.25, -0.2) is 4.68 Å². The molecule has 0 atom stereocenters. The van der Waals surface area contributed by atoms with Crippen molar-refractivity contribution in [3.05, 3.63) is 76.0 Å². The van der Waals surface area contributed by atoms with Gasteiger partial charge in [-0.2, -0.15) is 10.4 Å². The van der Waals surface area contributed by atoms with Gasteiger partial charge in [-0.1, -0.05) is 40.2 Å². The van der Waals surface area contributed by atoms with Crippen molar-refractivity contribution in [1.82, 2.24) is 20.1 Å². The maximum absolute atomic E-state index is 12.4. The van der Waals surface area contributed by atoms with E-state index in [0.29, 0.717) is 42.2 Å². The molecule has 4 N–H and O–H groups in total. The molecule has 2 aromatic carbocycles. The van der Waals surface area contributed by atoms with Gasteiger partial charge in [0.15, 0.2) is 0 Å². The Hall–Kier alpha value is -3.57. The van der Waals surface area contributed by atoms with Crippen molar-refractivity contribution in [3.8, 4) is 11.8 Å². The Morgan fingerprint density at radius 2 is 2.03 bits per heavy atom. The first kappa shape index (κ1) is 19.7. The zero-order chi connectivity index (χ0) is 21.1. The maximum atomic E-state index is 12.4. The number of H-pyrrole nitrogens is 1. The number of aromatic amines is 1. The molecule has 150 valence electrons. The fourth-order valence-corrected chi connectivity index (χ4v) is 3.68. The minimum Gasteiger partial charge on any atom is -0.382 e. The fourth-order valence-electron chi connectivity index (χ4n) is 3.32. The molecular formula is C22H19BrN6O. The van der Waals surface area contributed by atoms with Crippen molar-refractivity contribution < 1.29 is 4.79 Å². The molecule has 4 rings (SSSR count). The lowest BCUT2D eigenvalue weighted by atomic mass is 10.1. The summed E-state index contributed by atoms with van der Waals surface area (Å²) in [6, 6.07) is 19.2. The molecular weight excluding hydrogens is 444 g/mol. The largest absolute Gasteiger partial charge is 0.382 e. The summed E-state index contributed by atoms with van der Waals surface area (Å²) in [4.78, 5) is 15.6. The zero-order valence-electron chi connectivity index (χ0n) is 16.0. The number of hydrogen-bond donors (Lipinski definition) is 3. The van der Waals surface area contributed by atoms with Gasteiger partial charge in [-0.3, -0.25) is 4.79 Å². The Morgan fingerprint density at radius 3 is 2.80 bits per heavy atom. The number of carbonyl (C=O) groups excluding carboxylic acids is 1. The molecule has 0 saturated heterocycles. The third-order valence-corrected chi connectivity index (χ3v) is 5.30. The Morgan fingerprint density at radius 1 is 1.23 bits per heavy atom. The number of nitrogens with two attached hydrogens (primary N) is 1. The first-order chi connectivity index (χ1) is 14.6. The number of nitrogens with one attached hydrogen (secondary N) is 2. The van der Waals surface area contributed by atoms with E-state index in [-0.39, 0.29) is 5.91 Å².